The van der Waals surface area contributed by atoms with E-state index in [2.05, 4.69) is 5.32 Å². The zero-order valence-corrected chi connectivity index (χ0v) is 27.4. The predicted molar refractivity (Wildman–Crippen MR) is 179 cm³/mol. The largest absolute Gasteiger partial charge is 0.493 e. The average Bonchev–Trinajstić information content (AvgIpc) is 3.08. The first-order valence-electron chi connectivity index (χ1n) is 15.1. The summed E-state index contributed by atoms with van der Waals surface area (Å²) in [5.74, 6) is 0.0438. The molecule has 0 aliphatic heterocycles. The molecule has 0 heterocycles. The molecule has 2 amide bonds. The molecular formula is C36H41N3O6S. The molecule has 1 N–H and O–H groups in total. The summed E-state index contributed by atoms with van der Waals surface area (Å²) >= 11 is 0. The lowest BCUT2D eigenvalue weighted by atomic mass is 10.0. The maximum atomic E-state index is 14.5. The molecule has 0 saturated heterocycles. The molecule has 0 aliphatic carbocycles. The van der Waals surface area contributed by atoms with Gasteiger partial charge in [-0.1, -0.05) is 92.7 Å². The summed E-state index contributed by atoms with van der Waals surface area (Å²) in [5, 5.41) is 3.00. The van der Waals surface area contributed by atoms with Crippen LogP contribution in [0, 0.1) is 5.92 Å². The Morgan fingerprint density at radius 3 is 1.89 bits per heavy atom. The first-order chi connectivity index (χ1) is 22.1. The van der Waals surface area contributed by atoms with Gasteiger partial charge in [-0.15, -0.1) is 0 Å². The number of anilines is 1. The van der Waals surface area contributed by atoms with Gasteiger partial charge in [0.15, 0.2) is 11.5 Å². The van der Waals surface area contributed by atoms with Gasteiger partial charge >= 0.3 is 0 Å². The lowest BCUT2D eigenvalue weighted by Gasteiger charge is -2.34. The third kappa shape index (κ3) is 8.66. The number of ether oxygens (including phenoxy) is 2. The summed E-state index contributed by atoms with van der Waals surface area (Å²) in [4.78, 5) is 29.9. The number of sulfonamides is 1. The Kier molecular flexibility index (Phi) is 11.8. The van der Waals surface area contributed by atoms with Crippen molar-refractivity contribution in [3.63, 3.8) is 0 Å². The van der Waals surface area contributed by atoms with Crippen LogP contribution >= 0.6 is 0 Å². The SMILES string of the molecule is COc1ccc(N(CC(=O)N(Cc2ccccc2)[C@H](Cc2ccccc2)C(=O)NCC(C)C)S(=O)(=O)c2ccccc2)cc1OC. The molecule has 4 aromatic carbocycles. The predicted octanol–water partition coefficient (Wildman–Crippen LogP) is 5.31. The molecule has 0 spiro atoms. The number of rotatable bonds is 15. The molecule has 9 nitrogen and oxygen atoms in total. The number of nitrogens with one attached hydrogen (secondary N) is 1. The van der Waals surface area contributed by atoms with Crippen molar-refractivity contribution in [1.82, 2.24) is 10.2 Å². The van der Waals surface area contributed by atoms with Gasteiger partial charge in [-0.2, -0.15) is 0 Å². The van der Waals surface area contributed by atoms with E-state index >= 15 is 0 Å². The molecule has 0 aliphatic rings. The van der Waals surface area contributed by atoms with Crippen LogP contribution in [0.15, 0.2) is 114 Å². The van der Waals surface area contributed by atoms with Crippen molar-refractivity contribution in [2.75, 3.05) is 31.6 Å². The van der Waals surface area contributed by atoms with Crippen LogP contribution in [-0.2, 0) is 32.6 Å². The van der Waals surface area contributed by atoms with Crippen molar-refractivity contribution < 1.29 is 27.5 Å². The van der Waals surface area contributed by atoms with Gasteiger partial charge in [0, 0.05) is 25.6 Å². The van der Waals surface area contributed by atoms with E-state index < -0.39 is 28.5 Å². The van der Waals surface area contributed by atoms with Crippen LogP contribution in [0.25, 0.3) is 0 Å². The smallest absolute Gasteiger partial charge is 0.264 e. The molecule has 4 aromatic rings. The highest BCUT2D eigenvalue weighted by Crippen LogP contribution is 2.34. The van der Waals surface area contributed by atoms with E-state index in [1.807, 2.05) is 74.5 Å². The van der Waals surface area contributed by atoms with Crippen LogP contribution < -0.4 is 19.1 Å². The fourth-order valence-electron chi connectivity index (χ4n) is 4.99. The van der Waals surface area contributed by atoms with E-state index in [0.29, 0.717) is 18.0 Å². The van der Waals surface area contributed by atoms with Gasteiger partial charge in [-0.25, -0.2) is 8.42 Å². The van der Waals surface area contributed by atoms with Crippen molar-refractivity contribution >= 4 is 27.5 Å². The summed E-state index contributed by atoms with van der Waals surface area (Å²) < 4.78 is 40.2. The van der Waals surface area contributed by atoms with Gasteiger partial charge in [0.05, 0.1) is 24.8 Å². The Hall–Kier alpha value is -4.83. The van der Waals surface area contributed by atoms with E-state index in [1.54, 1.807) is 30.3 Å². The van der Waals surface area contributed by atoms with Crippen LogP contribution in [0.2, 0.25) is 0 Å². The maximum Gasteiger partial charge on any atom is 0.264 e. The van der Waals surface area contributed by atoms with Crippen LogP contribution in [0.3, 0.4) is 0 Å². The third-order valence-corrected chi connectivity index (χ3v) is 9.20. The van der Waals surface area contributed by atoms with Crippen LogP contribution in [0.1, 0.15) is 25.0 Å². The molecule has 0 saturated carbocycles. The maximum absolute atomic E-state index is 14.5. The molecule has 0 unspecified atom stereocenters. The zero-order chi connectivity index (χ0) is 33.1. The summed E-state index contributed by atoms with van der Waals surface area (Å²) in [5.41, 5.74) is 1.87. The van der Waals surface area contributed by atoms with Gasteiger partial charge in [0.2, 0.25) is 11.8 Å². The minimum atomic E-state index is -4.24. The van der Waals surface area contributed by atoms with Crippen molar-refractivity contribution in [3.05, 3.63) is 120 Å². The number of hydrogen-bond donors (Lipinski definition) is 1. The van der Waals surface area contributed by atoms with E-state index in [1.165, 1.54) is 37.3 Å². The summed E-state index contributed by atoms with van der Waals surface area (Å²) in [6.45, 7) is 3.95. The summed E-state index contributed by atoms with van der Waals surface area (Å²) in [6, 6.07) is 30.5. The molecule has 1 atom stereocenters. The quantitative estimate of drug-likeness (QED) is 0.188. The Morgan fingerprint density at radius 1 is 0.761 bits per heavy atom. The van der Waals surface area contributed by atoms with E-state index in [-0.39, 0.29) is 35.4 Å². The van der Waals surface area contributed by atoms with Crippen LogP contribution in [-0.4, -0.2) is 58.5 Å². The highest BCUT2D eigenvalue weighted by Gasteiger charge is 2.35. The van der Waals surface area contributed by atoms with Gasteiger partial charge in [0.1, 0.15) is 12.6 Å². The molecule has 0 bridgehead atoms. The molecule has 242 valence electrons. The Bertz CT molecular complexity index is 1680. The van der Waals surface area contributed by atoms with Gasteiger partial charge in [-0.05, 0) is 41.3 Å². The van der Waals surface area contributed by atoms with Crippen molar-refractivity contribution in [2.24, 2.45) is 5.92 Å². The number of amides is 2. The fourth-order valence-corrected chi connectivity index (χ4v) is 6.41. The Morgan fingerprint density at radius 2 is 1.33 bits per heavy atom. The summed E-state index contributed by atoms with van der Waals surface area (Å²) in [6.07, 6.45) is 0.241. The van der Waals surface area contributed by atoms with Crippen molar-refractivity contribution in [1.29, 1.82) is 0 Å². The highest BCUT2D eigenvalue weighted by atomic mass is 32.2. The molecule has 10 heteroatoms. The number of benzene rings is 4. The number of hydrogen-bond acceptors (Lipinski definition) is 6. The molecule has 0 aromatic heterocycles. The topological polar surface area (TPSA) is 105 Å². The average molecular weight is 644 g/mol. The Balaban J connectivity index is 1.81. The van der Waals surface area contributed by atoms with E-state index in [0.717, 1.165) is 15.4 Å². The van der Waals surface area contributed by atoms with Gasteiger partial charge < -0.3 is 19.7 Å². The molecule has 4 rings (SSSR count). The number of carbonyl (C=O) groups excluding carboxylic acids is 2. The monoisotopic (exact) mass is 643 g/mol. The number of methoxy groups -OCH3 is 2. The number of nitrogens with zero attached hydrogens (tertiary/aromatic N) is 2. The molecular weight excluding hydrogens is 602 g/mol. The standard InChI is InChI=1S/C36H41N3O6S/c1-27(2)24-37-36(41)32(22-28-14-8-5-9-15-28)38(25-29-16-10-6-11-17-29)35(40)26-39(46(42,43)31-18-12-7-13-19-31)30-20-21-33(44-3)34(23-30)45-4/h5-21,23,27,32H,22,24-26H2,1-4H3,(H,37,41)/t32-/m1/s1. The molecule has 46 heavy (non-hydrogen) atoms. The summed E-state index contributed by atoms with van der Waals surface area (Å²) in [7, 11) is -1.30. The lowest BCUT2D eigenvalue weighted by Crippen LogP contribution is -2.53. The zero-order valence-electron chi connectivity index (χ0n) is 26.6. The third-order valence-electron chi connectivity index (χ3n) is 7.42. The van der Waals surface area contributed by atoms with Crippen LogP contribution in [0.5, 0.6) is 11.5 Å². The molecule has 0 fully saturated rings. The fraction of sp³-hybridized carbons (Fsp3) is 0.278. The minimum Gasteiger partial charge on any atom is -0.493 e. The lowest BCUT2D eigenvalue weighted by molar-refractivity contribution is -0.140. The van der Waals surface area contributed by atoms with Gasteiger partial charge in [0.25, 0.3) is 10.0 Å². The van der Waals surface area contributed by atoms with Crippen LogP contribution in [0.4, 0.5) is 5.69 Å². The first kappa shape index (κ1) is 34.1. The second-order valence-corrected chi connectivity index (χ2v) is 13.1. The Labute approximate surface area is 271 Å². The van der Waals surface area contributed by atoms with Gasteiger partial charge in [-0.3, -0.25) is 13.9 Å². The second-order valence-electron chi connectivity index (χ2n) is 11.2. The highest BCUT2D eigenvalue weighted by molar-refractivity contribution is 7.92. The number of carbonyl (C=O) groups is 2. The van der Waals surface area contributed by atoms with E-state index in [4.69, 9.17) is 9.47 Å². The first-order valence-corrected chi connectivity index (χ1v) is 16.5. The minimum absolute atomic E-state index is 0.0164. The second kappa shape index (κ2) is 15.9. The molecule has 0 radical (unpaired) electrons. The van der Waals surface area contributed by atoms with Crippen molar-refractivity contribution in [2.45, 2.75) is 37.8 Å². The van der Waals surface area contributed by atoms with Crippen molar-refractivity contribution in [3.8, 4) is 11.5 Å². The van der Waals surface area contributed by atoms with E-state index in [9.17, 15) is 18.0 Å². The normalized spacial score (nSPS) is 11.8.